The first-order valence-corrected chi connectivity index (χ1v) is 6.45. The molecule has 0 radical (unpaired) electrons. The number of aryl methyl sites for hydroxylation is 2. The molecular formula is C13H15N3OS. The maximum atomic E-state index is 11.4. The van der Waals surface area contributed by atoms with E-state index in [-0.39, 0.29) is 5.56 Å². The normalized spacial score (nSPS) is 10.6. The summed E-state index contributed by atoms with van der Waals surface area (Å²) in [7, 11) is 0. The van der Waals surface area contributed by atoms with Crippen LogP contribution in [0.25, 0.3) is 0 Å². The molecule has 1 aromatic carbocycles. The molecule has 0 aliphatic rings. The summed E-state index contributed by atoms with van der Waals surface area (Å²) in [6.45, 7) is 4.30. The van der Waals surface area contributed by atoms with Crippen molar-refractivity contribution in [1.82, 2.24) is 9.97 Å². The molecule has 1 heterocycles. The number of nitrogens with one attached hydrogen (secondary N) is 1. The Morgan fingerprint density at radius 2 is 2.11 bits per heavy atom. The second kappa shape index (κ2) is 5.37. The van der Waals surface area contributed by atoms with E-state index in [1.807, 2.05) is 19.1 Å². The second-order valence-electron chi connectivity index (χ2n) is 4.11. The molecule has 0 saturated carbocycles. The molecule has 0 unspecified atom stereocenters. The Morgan fingerprint density at radius 3 is 2.78 bits per heavy atom. The van der Waals surface area contributed by atoms with Gasteiger partial charge in [0.05, 0.1) is 0 Å². The van der Waals surface area contributed by atoms with Crippen LogP contribution >= 0.6 is 11.8 Å². The van der Waals surface area contributed by atoms with Crippen LogP contribution in [0.15, 0.2) is 39.1 Å². The minimum atomic E-state index is -0.133. The Labute approximate surface area is 110 Å². The third-order valence-corrected chi connectivity index (χ3v) is 3.50. The van der Waals surface area contributed by atoms with E-state index in [1.54, 1.807) is 6.92 Å². The highest BCUT2D eigenvalue weighted by Crippen LogP contribution is 2.28. The van der Waals surface area contributed by atoms with Crippen molar-refractivity contribution in [2.75, 3.05) is 0 Å². The van der Waals surface area contributed by atoms with E-state index in [9.17, 15) is 4.79 Å². The first kappa shape index (κ1) is 12.9. The van der Waals surface area contributed by atoms with Gasteiger partial charge in [-0.2, -0.15) is 0 Å². The van der Waals surface area contributed by atoms with Crippen LogP contribution in [0, 0.1) is 13.8 Å². The van der Waals surface area contributed by atoms with Crippen LogP contribution < -0.4 is 11.3 Å². The molecule has 0 aliphatic carbocycles. The van der Waals surface area contributed by atoms with Gasteiger partial charge in [-0.15, -0.1) is 0 Å². The molecule has 0 spiro atoms. The lowest BCUT2D eigenvalue weighted by Gasteiger charge is -2.08. The van der Waals surface area contributed by atoms with Gasteiger partial charge in [0.1, 0.15) is 0 Å². The predicted molar refractivity (Wildman–Crippen MR) is 72.8 cm³/mol. The van der Waals surface area contributed by atoms with Crippen molar-refractivity contribution in [3.63, 3.8) is 0 Å². The molecule has 94 valence electrons. The summed E-state index contributed by atoms with van der Waals surface area (Å²) in [5, 5.41) is 0.596. The number of nitrogens with zero attached hydrogens (tertiary/aromatic N) is 1. The van der Waals surface area contributed by atoms with Crippen LogP contribution in [0.5, 0.6) is 0 Å². The van der Waals surface area contributed by atoms with E-state index in [4.69, 9.17) is 5.73 Å². The van der Waals surface area contributed by atoms with Gasteiger partial charge in [0.2, 0.25) is 0 Å². The topological polar surface area (TPSA) is 71.8 Å². The molecule has 18 heavy (non-hydrogen) atoms. The third kappa shape index (κ3) is 3.00. The van der Waals surface area contributed by atoms with E-state index in [0.29, 0.717) is 17.4 Å². The fourth-order valence-electron chi connectivity index (χ4n) is 1.67. The van der Waals surface area contributed by atoms with Gasteiger partial charge in [0.15, 0.2) is 5.16 Å². The van der Waals surface area contributed by atoms with E-state index < -0.39 is 0 Å². The summed E-state index contributed by atoms with van der Waals surface area (Å²) in [6.07, 6.45) is 0. The zero-order valence-electron chi connectivity index (χ0n) is 10.4. The highest BCUT2D eigenvalue weighted by atomic mass is 32.2. The van der Waals surface area contributed by atoms with Gasteiger partial charge in [-0.1, -0.05) is 29.5 Å². The van der Waals surface area contributed by atoms with E-state index >= 15 is 0 Å². The highest BCUT2D eigenvalue weighted by Gasteiger charge is 2.06. The Balaban J connectivity index is 2.36. The molecule has 5 heteroatoms. The average Bonchev–Trinajstić information content (AvgIpc) is 2.30. The third-order valence-electron chi connectivity index (χ3n) is 2.49. The van der Waals surface area contributed by atoms with Crippen LogP contribution in [-0.2, 0) is 6.54 Å². The van der Waals surface area contributed by atoms with Gasteiger partial charge in [-0.05, 0) is 25.5 Å². The van der Waals surface area contributed by atoms with Gasteiger partial charge in [-0.3, -0.25) is 4.79 Å². The Hall–Kier alpha value is -1.59. The smallest absolute Gasteiger partial charge is 0.251 e. The van der Waals surface area contributed by atoms with Gasteiger partial charge < -0.3 is 10.7 Å². The zero-order chi connectivity index (χ0) is 13.1. The van der Waals surface area contributed by atoms with Crippen molar-refractivity contribution in [1.29, 1.82) is 0 Å². The standard InChI is InChI=1S/C13H15N3OS/c1-8-3-4-11(10(5-8)7-14)18-13-15-9(2)6-12(17)16-13/h3-6H,7,14H2,1-2H3,(H,15,16,17). The molecule has 4 nitrogen and oxygen atoms in total. The van der Waals surface area contributed by atoms with Crippen LogP contribution in [0.4, 0.5) is 0 Å². The maximum Gasteiger partial charge on any atom is 0.251 e. The summed E-state index contributed by atoms with van der Waals surface area (Å²) in [4.78, 5) is 19.4. The lowest BCUT2D eigenvalue weighted by atomic mass is 10.1. The summed E-state index contributed by atoms with van der Waals surface area (Å²) in [5.74, 6) is 0. The molecule has 0 amide bonds. The van der Waals surface area contributed by atoms with Crippen molar-refractivity contribution >= 4 is 11.8 Å². The quantitative estimate of drug-likeness (QED) is 0.829. The summed E-state index contributed by atoms with van der Waals surface area (Å²) in [5.41, 5.74) is 8.54. The van der Waals surface area contributed by atoms with Gasteiger partial charge >= 0.3 is 0 Å². The van der Waals surface area contributed by atoms with E-state index in [2.05, 4.69) is 16.0 Å². The number of H-pyrrole nitrogens is 1. The lowest BCUT2D eigenvalue weighted by Crippen LogP contribution is -2.08. The first-order valence-electron chi connectivity index (χ1n) is 5.64. The van der Waals surface area contributed by atoms with E-state index in [0.717, 1.165) is 10.5 Å². The zero-order valence-corrected chi connectivity index (χ0v) is 11.2. The van der Waals surface area contributed by atoms with Gasteiger partial charge in [-0.25, -0.2) is 4.98 Å². The molecule has 0 fully saturated rings. The Kier molecular flexibility index (Phi) is 3.84. The molecule has 2 rings (SSSR count). The SMILES string of the molecule is Cc1ccc(Sc2nc(C)cc(=O)[nH]2)c(CN)c1. The number of aromatic amines is 1. The van der Waals surface area contributed by atoms with Crippen LogP contribution in [0.2, 0.25) is 0 Å². The number of hydrogen-bond acceptors (Lipinski definition) is 4. The van der Waals surface area contributed by atoms with Crippen molar-refractivity contribution in [3.8, 4) is 0 Å². The van der Waals surface area contributed by atoms with E-state index in [1.165, 1.54) is 23.4 Å². The Bertz CT molecular complexity index is 622. The number of benzene rings is 1. The Morgan fingerprint density at radius 1 is 1.33 bits per heavy atom. The lowest BCUT2D eigenvalue weighted by molar-refractivity contribution is 0.903. The highest BCUT2D eigenvalue weighted by molar-refractivity contribution is 7.99. The summed E-state index contributed by atoms with van der Waals surface area (Å²) < 4.78 is 0. The first-order chi connectivity index (χ1) is 8.58. The molecule has 3 N–H and O–H groups in total. The van der Waals surface area contributed by atoms with Crippen LogP contribution in [0.1, 0.15) is 16.8 Å². The van der Waals surface area contributed by atoms with Crippen LogP contribution in [-0.4, -0.2) is 9.97 Å². The molecule has 0 saturated heterocycles. The molecule has 2 aromatic rings. The maximum absolute atomic E-state index is 11.4. The fraction of sp³-hybridized carbons (Fsp3) is 0.231. The molecule has 0 aliphatic heterocycles. The average molecular weight is 261 g/mol. The molecule has 1 aromatic heterocycles. The molecule has 0 bridgehead atoms. The summed E-state index contributed by atoms with van der Waals surface area (Å²) >= 11 is 1.43. The molecule has 0 atom stereocenters. The fourth-order valence-corrected chi connectivity index (χ4v) is 2.63. The van der Waals surface area contributed by atoms with Gasteiger partial charge in [0, 0.05) is 23.2 Å². The number of aromatic nitrogens is 2. The number of hydrogen-bond donors (Lipinski definition) is 2. The summed E-state index contributed by atoms with van der Waals surface area (Å²) in [6, 6.07) is 7.55. The van der Waals surface area contributed by atoms with Gasteiger partial charge in [0.25, 0.3) is 5.56 Å². The molecular weight excluding hydrogens is 246 g/mol. The minimum absolute atomic E-state index is 0.133. The minimum Gasteiger partial charge on any atom is -0.326 e. The van der Waals surface area contributed by atoms with Crippen molar-refractivity contribution in [2.24, 2.45) is 5.73 Å². The predicted octanol–water partition coefficient (Wildman–Crippen LogP) is 2.00. The van der Waals surface area contributed by atoms with Crippen molar-refractivity contribution in [3.05, 3.63) is 51.4 Å². The van der Waals surface area contributed by atoms with Crippen LogP contribution in [0.3, 0.4) is 0 Å². The van der Waals surface area contributed by atoms with Crippen molar-refractivity contribution < 1.29 is 0 Å². The second-order valence-corrected chi connectivity index (χ2v) is 5.14. The largest absolute Gasteiger partial charge is 0.326 e. The number of rotatable bonds is 3. The van der Waals surface area contributed by atoms with Crippen molar-refractivity contribution in [2.45, 2.75) is 30.4 Å². The monoisotopic (exact) mass is 261 g/mol. The number of nitrogens with two attached hydrogens (primary N) is 1.